The zero-order valence-electron chi connectivity index (χ0n) is 9.11. The van der Waals surface area contributed by atoms with Gasteiger partial charge in [0.1, 0.15) is 11.6 Å². The largest absolute Gasteiger partial charge is 0.469 e. The molecule has 3 nitrogen and oxygen atoms in total. The molecule has 3 rings (SSSR count). The van der Waals surface area contributed by atoms with Gasteiger partial charge < -0.3 is 9.40 Å². The van der Waals surface area contributed by atoms with E-state index in [1.54, 1.807) is 6.26 Å². The van der Waals surface area contributed by atoms with Gasteiger partial charge in [0.15, 0.2) is 0 Å². The fraction of sp³-hybridized carbons (Fsp3) is 0.154. The van der Waals surface area contributed by atoms with Crippen LogP contribution in [0, 0.1) is 0 Å². The van der Waals surface area contributed by atoms with Crippen LogP contribution in [0.1, 0.15) is 11.6 Å². The van der Waals surface area contributed by atoms with Crippen LogP contribution in [0.5, 0.6) is 0 Å². The number of halogens is 1. The summed E-state index contributed by atoms with van der Waals surface area (Å²) in [5.74, 6) is 1.93. The number of aryl methyl sites for hydroxylation is 2. The SMILES string of the molecule is Clc1ccc2nc(CCc3ccco3)[nH]c2c1. The summed E-state index contributed by atoms with van der Waals surface area (Å²) < 4.78 is 5.29. The van der Waals surface area contributed by atoms with Crippen LogP contribution in [0.3, 0.4) is 0 Å². The summed E-state index contributed by atoms with van der Waals surface area (Å²) in [5, 5.41) is 0.721. The summed E-state index contributed by atoms with van der Waals surface area (Å²) in [6.07, 6.45) is 3.37. The Morgan fingerprint density at radius 2 is 2.18 bits per heavy atom. The van der Waals surface area contributed by atoms with Gasteiger partial charge in [-0.05, 0) is 30.3 Å². The Bertz CT molecular complexity index is 628. The van der Waals surface area contributed by atoms with E-state index < -0.39 is 0 Å². The fourth-order valence-corrected chi connectivity index (χ4v) is 2.02. The highest BCUT2D eigenvalue weighted by Gasteiger charge is 2.04. The first-order chi connectivity index (χ1) is 8.31. The molecule has 1 aromatic carbocycles. The van der Waals surface area contributed by atoms with Crippen molar-refractivity contribution < 1.29 is 4.42 Å². The highest BCUT2D eigenvalue weighted by molar-refractivity contribution is 6.31. The minimum absolute atomic E-state index is 0.721. The van der Waals surface area contributed by atoms with Gasteiger partial charge in [0.2, 0.25) is 0 Å². The Kier molecular flexibility index (Phi) is 2.61. The molecule has 1 N–H and O–H groups in total. The second kappa shape index (κ2) is 4.26. The lowest BCUT2D eigenvalue weighted by Crippen LogP contribution is -1.91. The normalized spacial score (nSPS) is 11.1. The van der Waals surface area contributed by atoms with Crippen molar-refractivity contribution in [1.29, 1.82) is 0 Å². The van der Waals surface area contributed by atoms with Crippen molar-refractivity contribution in [3.05, 3.63) is 53.2 Å². The van der Waals surface area contributed by atoms with Crippen LogP contribution in [0.4, 0.5) is 0 Å². The molecule has 3 aromatic rings. The van der Waals surface area contributed by atoms with Gasteiger partial charge in [0, 0.05) is 17.9 Å². The van der Waals surface area contributed by atoms with Crippen molar-refractivity contribution in [2.75, 3.05) is 0 Å². The van der Waals surface area contributed by atoms with Crippen molar-refractivity contribution in [2.24, 2.45) is 0 Å². The summed E-state index contributed by atoms with van der Waals surface area (Å²) >= 11 is 5.92. The van der Waals surface area contributed by atoms with Gasteiger partial charge in [-0.25, -0.2) is 4.98 Å². The summed E-state index contributed by atoms with van der Waals surface area (Å²) in [4.78, 5) is 7.76. The number of benzene rings is 1. The molecular formula is C13H11ClN2O. The first-order valence-corrected chi connectivity index (χ1v) is 5.85. The van der Waals surface area contributed by atoms with E-state index in [4.69, 9.17) is 16.0 Å². The molecule has 0 bridgehead atoms. The highest BCUT2D eigenvalue weighted by atomic mass is 35.5. The smallest absolute Gasteiger partial charge is 0.107 e. The number of H-pyrrole nitrogens is 1. The number of nitrogens with zero attached hydrogens (tertiary/aromatic N) is 1. The maximum atomic E-state index is 5.92. The van der Waals surface area contributed by atoms with E-state index in [0.29, 0.717) is 0 Å². The molecule has 86 valence electrons. The lowest BCUT2D eigenvalue weighted by Gasteiger charge is -1.93. The van der Waals surface area contributed by atoms with Crippen LogP contribution in [-0.2, 0) is 12.8 Å². The van der Waals surface area contributed by atoms with Gasteiger partial charge in [-0.3, -0.25) is 0 Å². The van der Waals surface area contributed by atoms with Crippen LogP contribution in [0.15, 0.2) is 41.0 Å². The summed E-state index contributed by atoms with van der Waals surface area (Å²) in [6, 6.07) is 9.53. The second-order valence-corrected chi connectivity index (χ2v) is 4.36. The molecule has 17 heavy (non-hydrogen) atoms. The van der Waals surface area contributed by atoms with Gasteiger partial charge in [-0.15, -0.1) is 0 Å². The maximum absolute atomic E-state index is 5.92. The topological polar surface area (TPSA) is 41.8 Å². The standard InChI is InChI=1S/C13H11ClN2O/c14-9-3-5-11-12(8-9)16-13(15-11)6-4-10-2-1-7-17-10/h1-3,5,7-8H,4,6H2,(H,15,16). The van der Waals surface area contributed by atoms with Crippen molar-refractivity contribution in [2.45, 2.75) is 12.8 Å². The molecule has 0 aliphatic rings. The zero-order valence-corrected chi connectivity index (χ0v) is 9.87. The molecule has 2 heterocycles. The Labute approximate surface area is 103 Å². The Morgan fingerprint density at radius 1 is 1.24 bits per heavy atom. The molecule has 2 aromatic heterocycles. The molecule has 0 spiro atoms. The van der Waals surface area contributed by atoms with E-state index in [0.717, 1.165) is 40.5 Å². The highest BCUT2D eigenvalue weighted by Crippen LogP contribution is 2.17. The Balaban J connectivity index is 1.81. The first-order valence-electron chi connectivity index (χ1n) is 5.48. The number of aromatic nitrogens is 2. The number of fused-ring (bicyclic) bond motifs is 1. The third-order valence-electron chi connectivity index (χ3n) is 2.68. The van der Waals surface area contributed by atoms with E-state index in [1.807, 2.05) is 30.3 Å². The minimum Gasteiger partial charge on any atom is -0.469 e. The molecule has 0 atom stereocenters. The van der Waals surface area contributed by atoms with Gasteiger partial charge >= 0.3 is 0 Å². The number of rotatable bonds is 3. The molecule has 4 heteroatoms. The molecule has 0 saturated carbocycles. The number of hydrogen-bond donors (Lipinski definition) is 1. The molecule has 0 unspecified atom stereocenters. The first kappa shape index (κ1) is 10.4. The molecular weight excluding hydrogens is 236 g/mol. The third-order valence-corrected chi connectivity index (χ3v) is 2.92. The van der Waals surface area contributed by atoms with Gasteiger partial charge in [-0.1, -0.05) is 11.6 Å². The Morgan fingerprint density at radius 3 is 3.00 bits per heavy atom. The maximum Gasteiger partial charge on any atom is 0.107 e. The average molecular weight is 247 g/mol. The summed E-state index contributed by atoms with van der Waals surface area (Å²) in [6.45, 7) is 0. The Hall–Kier alpha value is -1.74. The number of hydrogen-bond acceptors (Lipinski definition) is 2. The lowest BCUT2D eigenvalue weighted by molar-refractivity contribution is 0.507. The number of furan rings is 1. The lowest BCUT2D eigenvalue weighted by atomic mass is 10.2. The predicted octanol–water partition coefficient (Wildman–Crippen LogP) is 3.59. The quantitative estimate of drug-likeness (QED) is 0.767. The summed E-state index contributed by atoms with van der Waals surface area (Å²) in [5.41, 5.74) is 1.93. The second-order valence-electron chi connectivity index (χ2n) is 3.92. The fourth-order valence-electron chi connectivity index (χ4n) is 1.85. The molecule has 0 aliphatic heterocycles. The third kappa shape index (κ3) is 2.19. The van der Waals surface area contributed by atoms with E-state index in [1.165, 1.54) is 0 Å². The van der Waals surface area contributed by atoms with Crippen molar-refractivity contribution in [3.8, 4) is 0 Å². The molecule has 0 saturated heterocycles. The molecule has 0 radical (unpaired) electrons. The molecule has 0 amide bonds. The van der Waals surface area contributed by atoms with E-state index in [2.05, 4.69) is 9.97 Å². The van der Waals surface area contributed by atoms with Crippen molar-refractivity contribution in [1.82, 2.24) is 9.97 Å². The number of imidazole rings is 1. The van der Waals surface area contributed by atoms with E-state index in [-0.39, 0.29) is 0 Å². The average Bonchev–Trinajstić information content (AvgIpc) is 2.94. The van der Waals surface area contributed by atoms with Gasteiger partial charge in [0.05, 0.1) is 17.3 Å². The number of nitrogens with one attached hydrogen (secondary N) is 1. The predicted molar refractivity (Wildman–Crippen MR) is 67.2 cm³/mol. The van der Waals surface area contributed by atoms with Gasteiger partial charge in [0.25, 0.3) is 0 Å². The van der Waals surface area contributed by atoms with Crippen LogP contribution in [0.2, 0.25) is 5.02 Å². The monoisotopic (exact) mass is 246 g/mol. The van der Waals surface area contributed by atoms with Crippen molar-refractivity contribution >= 4 is 22.6 Å². The van der Waals surface area contributed by atoms with E-state index >= 15 is 0 Å². The zero-order chi connectivity index (χ0) is 11.7. The molecule has 0 fully saturated rings. The van der Waals surface area contributed by atoms with E-state index in [9.17, 15) is 0 Å². The molecule has 0 aliphatic carbocycles. The van der Waals surface area contributed by atoms with Crippen LogP contribution in [0.25, 0.3) is 11.0 Å². The van der Waals surface area contributed by atoms with Crippen LogP contribution >= 0.6 is 11.6 Å². The number of aromatic amines is 1. The van der Waals surface area contributed by atoms with Crippen molar-refractivity contribution in [3.63, 3.8) is 0 Å². The van der Waals surface area contributed by atoms with Gasteiger partial charge in [-0.2, -0.15) is 0 Å². The van der Waals surface area contributed by atoms with Crippen LogP contribution < -0.4 is 0 Å². The minimum atomic E-state index is 0.721. The van der Waals surface area contributed by atoms with Crippen LogP contribution in [-0.4, -0.2) is 9.97 Å². The summed E-state index contributed by atoms with van der Waals surface area (Å²) in [7, 11) is 0.